The van der Waals surface area contributed by atoms with Crippen molar-refractivity contribution in [3.8, 4) is 11.4 Å². The Balaban J connectivity index is 1.53. The smallest absolute Gasteiger partial charge is 0.255 e. The summed E-state index contributed by atoms with van der Waals surface area (Å²) in [5.74, 6) is 0.912. The summed E-state index contributed by atoms with van der Waals surface area (Å²) in [4.78, 5) is 28.9. The monoisotopic (exact) mass is 480 g/mol. The molecule has 9 heteroatoms. The molecule has 1 aliphatic heterocycles. The summed E-state index contributed by atoms with van der Waals surface area (Å²) < 4.78 is 1.76. The van der Waals surface area contributed by atoms with E-state index in [1.807, 2.05) is 31.2 Å². The van der Waals surface area contributed by atoms with E-state index in [2.05, 4.69) is 51.5 Å². The van der Waals surface area contributed by atoms with Gasteiger partial charge >= 0.3 is 0 Å². The summed E-state index contributed by atoms with van der Waals surface area (Å²) >= 11 is 0. The third kappa shape index (κ3) is 4.43. The molecule has 9 nitrogen and oxygen atoms in total. The van der Waals surface area contributed by atoms with Gasteiger partial charge in [-0.15, -0.1) is 5.10 Å². The summed E-state index contributed by atoms with van der Waals surface area (Å²) in [5, 5.41) is 11.1. The topological polar surface area (TPSA) is 101 Å². The molecule has 4 heterocycles. The van der Waals surface area contributed by atoms with Crippen LogP contribution in [0.3, 0.4) is 0 Å². The Kier molecular flexibility index (Phi) is 6.44. The summed E-state index contributed by atoms with van der Waals surface area (Å²) in [6, 6.07) is 15.1. The summed E-state index contributed by atoms with van der Waals surface area (Å²) in [6.07, 6.45) is 6.74. The lowest BCUT2D eigenvalue weighted by atomic mass is 9.96. The number of rotatable bonds is 7. The molecule has 1 aliphatic rings. The van der Waals surface area contributed by atoms with Crippen molar-refractivity contribution in [2.24, 2.45) is 0 Å². The zero-order valence-corrected chi connectivity index (χ0v) is 20.5. The van der Waals surface area contributed by atoms with Gasteiger partial charge in [0.15, 0.2) is 5.82 Å². The molecule has 182 valence electrons. The number of hydrogen-bond acceptors (Lipinski definition) is 7. The first-order chi connectivity index (χ1) is 17.6. The van der Waals surface area contributed by atoms with Gasteiger partial charge in [-0.25, -0.2) is 4.68 Å². The molecule has 0 aliphatic carbocycles. The number of pyridine rings is 2. The number of carbonyl (C=O) groups is 1. The minimum atomic E-state index is -0.497. The summed E-state index contributed by atoms with van der Waals surface area (Å²) in [6.45, 7) is 8.04. The first-order valence-electron chi connectivity index (χ1n) is 12.0. The number of anilines is 3. The average molecular weight is 481 g/mol. The predicted octanol–water partition coefficient (Wildman–Crippen LogP) is 4.51. The molecule has 4 aromatic rings. The van der Waals surface area contributed by atoms with E-state index in [4.69, 9.17) is 10.1 Å². The standard InChI is InChI=1S/C27H28N8O/c1-4-34(5-2)22-12-10-19(11-13-22)25-32-27-30-18(3)23(26(36)31-21-9-7-15-29-17-21)24(35(27)33-25)20-8-6-14-28-16-20/h6-17,24H,4-5H2,1-3H3,(H,31,36)(H,30,32,33). The van der Waals surface area contributed by atoms with E-state index in [1.54, 1.807) is 41.6 Å². The molecule has 36 heavy (non-hydrogen) atoms. The van der Waals surface area contributed by atoms with E-state index in [0.717, 1.165) is 29.9 Å². The van der Waals surface area contributed by atoms with E-state index in [9.17, 15) is 4.79 Å². The summed E-state index contributed by atoms with van der Waals surface area (Å²) in [7, 11) is 0. The van der Waals surface area contributed by atoms with Crippen LogP contribution in [0.25, 0.3) is 11.4 Å². The van der Waals surface area contributed by atoms with Crippen molar-refractivity contribution in [1.29, 1.82) is 0 Å². The molecular formula is C27H28N8O. The molecule has 0 bridgehead atoms. The Labute approximate surface area is 209 Å². The van der Waals surface area contributed by atoms with Gasteiger partial charge in [0.25, 0.3) is 5.91 Å². The number of carbonyl (C=O) groups excluding carboxylic acids is 1. The van der Waals surface area contributed by atoms with Crippen LogP contribution in [0.5, 0.6) is 0 Å². The largest absolute Gasteiger partial charge is 0.372 e. The van der Waals surface area contributed by atoms with Crippen molar-refractivity contribution >= 4 is 23.2 Å². The molecule has 1 unspecified atom stereocenters. The van der Waals surface area contributed by atoms with Gasteiger partial charge in [-0.1, -0.05) is 6.07 Å². The van der Waals surface area contributed by atoms with Gasteiger partial charge in [-0.2, -0.15) is 4.98 Å². The van der Waals surface area contributed by atoms with Crippen LogP contribution < -0.4 is 15.5 Å². The van der Waals surface area contributed by atoms with Crippen LogP contribution in [-0.2, 0) is 4.79 Å². The van der Waals surface area contributed by atoms with Crippen LogP contribution in [-0.4, -0.2) is 43.7 Å². The fourth-order valence-corrected chi connectivity index (χ4v) is 4.46. The van der Waals surface area contributed by atoms with Gasteiger partial charge in [-0.3, -0.25) is 14.8 Å². The van der Waals surface area contributed by atoms with Crippen molar-refractivity contribution in [3.63, 3.8) is 0 Å². The Bertz CT molecular complexity index is 1380. The zero-order valence-electron chi connectivity index (χ0n) is 20.5. The molecule has 0 spiro atoms. The number of aromatic nitrogens is 5. The van der Waals surface area contributed by atoms with Crippen LogP contribution in [0.2, 0.25) is 0 Å². The van der Waals surface area contributed by atoms with Crippen LogP contribution in [0, 0.1) is 0 Å². The SMILES string of the molecule is CCN(CC)c1ccc(-c2nc3n(n2)C(c2cccnc2)C(C(=O)Nc2cccnc2)=C(C)N3)cc1. The minimum absolute atomic E-state index is 0.242. The summed E-state index contributed by atoms with van der Waals surface area (Å²) in [5.41, 5.74) is 4.75. The van der Waals surface area contributed by atoms with Crippen LogP contribution in [0.1, 0.15) is 32.4 Å². The van der Waals surface area contributed by atoms with E-state index < -0.39 is 6.04 Å². The maximum absolute atomic E-state index is 13.5. The average Bonchev–Trinajstić information content (AvgIpc) is 3.33. The number of amides is 1. The fourth-order valence-electron chi connectivity index (χ4n) is 4.46. The van der Waals surface area contributed by atoms with E-state index in [0.29, 0.717) is 28.7 Å². The fraction of sp³-hybridized carbons (Fsp3) is 0.222. The van der Waals surface area contributed by atoms with Gasteiger partial charge in [-0.05, 0) is 68.8 Å². The first kappa shape index (κ1) is 23.2. The van der Waals surface area contributed by atoms with Gasteiger partial charge in [0.05, 0.1) is 17.5 Å². The molecule has 1 amide bonds. The molecule has 5 rings (SSSR count). The van der Waals surface area contributed by atoms with Crippen molar-refractivity contribution in [3.05, 3.63) is 90.2 Å². The maximum atomic E-state index is 13.5. The second-order valence-electron chi connectivity index (χ2n) is 8.47. The molecular weight excluding hydrogens is 452 g/mol. The number of nitrogens with one attached hydrogen (secondary N) is 2. The predicted molar refractivity (Wildman–Crippen MR) is 141 cm³/mol. The molecule has 3 aromatic heterocycles. The molecule has 0 fully saturated rings. The molecule has 2 N–H and O–H groups in total. The zero-order chi connectivity index (χ0) is 25.1. The number of allylic oxidation sites excluding steroid dienone is 1. The van der Waals surface area contributed by atoms with Crippen molar-refractivity contribution in [1.82, 2.24) is 24.7 Å². The van der Waals surface area contributed by atoms with Crippen molar-refractivity contribution in [2.45, 2.75) is 26.8 Å². The Morgan fingerprint density at radius 3 is 2.39 bits per heavy atom. The highest BCUT2D eigenvalue weighted by Crippen LogP contribution is 2.36. The molecule has 0 saturated carbocycles. The lowest BCUT2D eigenvalue weighted by molar-refractivity contribution is -0.113. The number of fused-ring (bicyclic) bond motifs is 1. The second kappa shape index (κ2) is 9.99. The molecule has 0 saturated heterocycles. The first-order valence-corrected chi connectivity index (χ1v) is 12.0. The normalized spacial score (nSPS) is 14.7. The highest BCUT2D eigenvalue weighted by molar-refractivity contribution is 6.05. The third-order valence-corrected chi connectivity index (χ3v) is 6.27. The molecule has 1 aromatic carbocycles. The Hall–Kier alpha value is -4.53. The van der Waals surface area contributed by atoms with Gasteiger partial charge in [0.1, 0.15) is 6.04 Å². The van der Waals surface area contributed by atoms with Crippen molar-refractivity contribution < 1.29 is 4.79 Å². The Morgan fingerprint density at radius 2 is 1.75 bits per heavy atom. The van der Waals surface area contributed by atoms with E-state index in [1.165, 1.54) is 0 Å². The number of hydrogen-bond donors (Lipinski definition) is 2. The molecule has 1 atom stereocenters. The van der Waals surface area contributed by atoms with Crippen LogP contribution >= 0.6 is 0 Å². The van der Waals surface area contributed by atoms with Gasteiger partial charge in [0.2, 0.25) is 5.95 Å². The van der Waals surface area contributed by atoms with Gasteiger partial charge in [0, 0.05) is 48.6 Å². The third-order valence-electron chi connectivity index (χ3n) is 6.27. The van der Waals surface area contributed by atoms with E-state index in [-0.39, 0.29) is 5.91 Å². The van der Waals surface area contributed by atoms with Crippen LogP contribution in [0.15, 0.2) is 84.6 Å². The number of nitrogens with zero attached hydrogens (tertiary/aromatic N) is 6. The van der Waals surface area contributed by atoms with E-state index >= 15 is 0 Å². The highest BCUT2D eigenvalue weighted by atomic mass is 16.1. The second-order valence-corrected chi connectivity index (χ2v) is 8.47. The Morgan fingerprint density at radius 1 is 1.03 bits per heavy atom. The molecule has 0 radical (unpaired) electrons. The lowest BCUT2D eigenvalue weighted by Crippen LogP contribution is -2.31. The van der Waals surface area contributed by atoms with Gasteiger partial charge < -0.3 is 15.5 Å². The highest BCUT2D eigenvalue weighted by Gasteiger charge is 2.34. The quantitative estimate of drug-likeness (QED) is 0.401. The maximum Gasteiger partial charge on any atom is 0.255 e. The van der Waals surface area contributed by atoms with Crippen LogP contribution in [0.4, 0.5) is 17.3 Å². The lowest BCUT2D eigenvalue weighted by Gasteiger charge is -2.28. The minimum Gasteiger partial charge on any atom is -0.372 e. The number of benzene rings is 1. The van der Waals surface area contributed by atoms with Crippen molar-refractivity contribution in [2.75, 3.05) is 28.6 Å².